The van der Waals surface area contributed by atoms with E-state index in [2.05, 4.69) is 20.8 Å². The molecule has 0 aromatic heterocycles. The smallest absolute Gasteiger partial charge is 0.0654 e. The molecule has 0 nitrogen and oxygen atoms in total. The van der Waals surface area contributed by atoms with Crippen LogP contribution in [-0.4, -0.2) is 17.3 Å². The zero-order valence-corrected chi connectivity index (χ0v) is 14.1. The average molecular weight is 274 g/mol. The quantitative estimate of drug-likeness (QED) is 0.271. The maximum absolute atomic E-state index is 2.37. The van der Waals surface area contributed by atoms with Crippen molar-refractivity contribution in [2.75, 3.05) is 17.3 Å². The van der Waals surface area contributed by atoms with Gasteiger partial charge in [0.2, 0.25) is 0 Å². The first kappa shape index (κ1) is 18.4. The third kappa shape index (κ3) is 12.8. The van der Waals surface area contributed by atoms with E-state index in [1.165, 1.54) is 87.9 Å². The predicted octanol–water partition coefficient (Wildman–Crippen LogP) is 5.96. The largest absolute Gasteiger partial charge is 0.108 e. The van der Waals surface area contributed by atoms with Gasteiger partial charge in [-0.15, -0.1) is 0 Å². The second kappa shape index (κ2) is 15.4. The zero-order valence-electron chi connectivity index (χ0n) is 13.3. The Bertz CT molecular complexity index is 145. The molecule has 0 aliphatic carbocycles. The Labute approximate surface area is 120 Å². The van der Waals surface area contributed by atoms with Gasteiger partial charge < -0.3 is 0 Å². The number of unbranched alkanes of at least 4 members (excludes halogenated alkanes) is 9. The summed E-state index contributed by atoms with van der Waals surface area (Å²) in [5.74, 6) is 4.42. The molecule has 0 N–H and O–H groups in total. The number of hydrogen-bond acceptors (Lipinski definition) is 0. The second-order valence-electron chi connectivity index (χ2n) is 5.49. The molecule has 0 amide bonds. The van der Waals surface area contributed by atoms with E-state index in [0.29, 0.717) is 0 Å². The van der Waals surface area contributed by atoms with Gasteiger partial charge >= 0.3 is 0 Å². The van der Waals surface area contributed by atoms with Gasteiger partial charge in [-0.1, -0.05) is 65.2 Å². The fourth-order valence-electron chi connectivity index (χ4n) is 2.47. The van der Waals surface area contributed by atoms with Gasteiger partial charge in [0.05, 0.1) is 0 Å². The minimum atomic E-state index is 0.756. The van der Waals surface area contributed by atoms with Crippen LogP contribution < -0.4 is 0 Å². The Morgan fingerprint density at radius 2 is 1.00 bits per heavy atom. The van der Waals surface area contributed by atoms with Crippen LogP contribution in [0, 0.1) is 0 Å². The van der Waals surface area contributed by atoms with Gasteiger partial charge in [0.1, 0.15) is 17.3 Å². The highest BCUT2D eigenvalue weighted by Gasteiger charge is 2.12. The summed E-state index contributed by atoms with van der Waals surface area (Å²) >= 11 is 0. The van der Waals surface area contributed by atoms with E-state index in [1.54, 1.807) is 0 Å². The third-order valence-electron chi connectivity index (χ3n) is 3.69. The van der Waals surface area contributed by atoms with Crippen molar-refractivity contribution < 1.29 is 0 Å². The Morgan fingerprint density at radius 3 is 1.44 bits per heavy atom. The molecule has 0 fully saturated rings. The van der Waals surface area contributed by atoms with Crippen LogP contribution in [0.1, 0.15) is 91.4 Å². The van der Waals surface area contributed by atoms with Crippen molar-refractivity contribution in [2.45, 2.75) is 91.4 Å². The first-order valence-electron chi connectivity index (χ1n) is 8.49. The molecule has 0 aromatic rings. The normalized spacial score (nSPS) is 12.8. The lowest BCUT2D eigenvalue weighted by Crippen LogP contribution is -2.14. The highest BCUT2D eigenvalue weighted by Crippen LogP contribution is 2.11. The van der Waals surface area contributed by atoms with E-state index in [0.717, 1.165) is 10.9 Å². The van der Waals surface area contributed by atoms with E-state index in [1.807, 2.05) is 0 Å². The van der Waals surface area contributed by atoms with Crippen LogP contribution in [0.25, 0.3) is 0 Å². The van der Waals surface area contributed by atoms with E-state index < -0.39 is 0 Å². The number of hydrogen-bond donors (Lipinski definition) is 0. The molecule has 110 valence electrons. The van der Waals surface area contributed by atoms with Gasteiger partial charge in [0, 0.05) is 0 Å². The maximum Gasteiger partial charge on any atom is 0.108 e. The average Bonchev–Trinajstić information content (AvgIpc) is 2.39. The molecular formula is C17H37S+. The molecule has 0 aromatic carbocycles. The molecule has 0 saturated heterocycles. The van der Waals surface area contributed by atoms with Crippen molar-refractivity contribution in [1.82, 2.24) is 0 Å². The van der Waals surface area contributed by atoms with Crippen LogP contribution in [0.2, 0.25) is 0 Å². The molecule has 0 rings (SSSR count). The van der Waals surface area contributed by atoms with Crippen LogP contribution >= 0.6 is 0 Å². The predicted molar refractivity (Wildman–Crippen MR) is 89.8 cm³/mol. The third-order valence-corrected chi connectivity index (χ3v) is 6.36. The Hall–Kier alpha value is 0.350. The molecule has 0 aliphatic rings. The Morgan fingerprint density at radius 1 is 0.500 bits per heavy atom. The van der Waals surface area contributed by atoms with Gasteiger partial charge in [-0.25, -0.2) is 0 Å². The SMILES string of the molecule is CCCCCCCCCCCC[S+](CC)CCC. The summed E-state index contributed by atoms with van der Waals surface area (Å²) in [6, 6.07) is 0. The first-order valence-corrected chi connectivity index (χ1v) is 10.2. The minimum absolute atomic E-state index is 0.756. The number of rotatable bonds is 14. The van der Waals surface area contributed by atoms with Gasteiger partial charge in [0.15, 0.2) is 0 Å². The lowest BCUT2D eigenvalue weighted by molar-refractivity contribution is 0.563. The first-order chi connectivity index (χ1) is 8.85. The second-order valence-corrected chi connectivity index (χ2v) is 8.11. The van der Waals surface area contributed by atoms with Gasteiger partial charge in [-0.3, -0.25) is 0 Å². The van der Waals surface area contributed by atoms with Crippen LogP contribution in [-0.2, 0) is 10.9 Å². The molecule has 0 aliphatic heterocycles. The van der Waals surface area contributed by atoms with Crippen molar-refractivity contribution >= 4 is 10.9 Å². The molecule has 0 bridgehead atoms. The van der Waals surface area contributed by atoms with Crippen LogP contribution in [0.15, 0.2) is 0 Å². The topological polar surface area (TPSA) is 0 Å². The molecule has 1 atom stereocenters. The highest BCUT2D eigenvalue weighted by molar-refractivity contribution is 7.96. The van der Waals surface area contributed by atoms with Crippen molar-refractivity contribution in [3.63, 3.8) is 0 Å². The van der Waals surface area contributed by atoms with E-state index in [4.69, 9.17) is 0 Å². The summed E-state index contributed by atoms with van der Waals surface area (Å²) < 4.78 is 0. The summed E-state index contributed by atoms with van der Waals surface area (Å²) in [7, 11) is 0.756. The molecule has 18 heavy (non-hydrogen) atoms. The van der Waals surface area contributed by atoms with Crippen LogP contribution in [0.3, 0.4) is 0 Å². The molecule has 0 spiro atoms. The molecule has 0 radical (unpaired) electrons. The van der Waals surface area contributed by atoms with E-state index in [9.17, 15) is 0 Å². The van der Waals surface area contributed by atoms with Gasteiger partial charge in [-0.05, 0) is 37.1 Å². The fourth-order valence-corrected chi connectivity index (χ4v) is 4.44. The van der Waals surface area contributed by atoms with Crippen molar-refractivity contribution in [1.29, 1.82) is 0 Å². The lowest BCUT2D eigenvalue weighted by Gasteiger charge is -2.05. The van der Waals surface area contributed by atoms with Gasteiger partial charge in [0.25, 0.3) is 0 Å². The lowest BCUT2D eigenvalue weighted by atomic mass is 10.1. The maximum atomic E-state index is 2.37. The summed E-state index contributed by atoms with van der Waals surface area (Å²) in [4.78, 5) is 0. The standard InChI is InChI=1S/C17H37S/c1-4-7-8-9-10-11-12-13-14-15-17-18(6-3)16-5-2/h4-17H2,1-3H3/q+1. The van der Waals surface area contributed by atoms with Crippen molar-refractivity contribution in [3.05, 3.63) is 0 Å². The molecule has 0 saturated carbocycles. The fraction of sp³-hybridized carbons (Fsp3) is 1.00. The Kier molecular flexibility index (Phi) is 15.7. The minimum Gasteiger partial charge on any atom is -0.0654 e. The molecule has 1 heteroatoms. The monoisotopic (exact) mass is 273 g/mol. The van der Waals surface area contributed by atoms with Crippen molar-refractivity contribution in [3.8, 4) is 0 Å². The molecule has 0 heterocycles. The van der Waals surface area contributed by atoms with Crippen molar-refractivity contribution in [2.24, 2.45) is 0 Å². The van der Waals surface area contributed by atoms with E-state index >= 15 is 0 Å². The molecular weight excluding hydrogens is 236 g/mol. The van der Waals surface area contributed by atoms with Crippen LogP contribution in [0.4, 0.5) is 0 Å². The molecule has 1 unspecified atom stereocenters. The van der Waals surface area contributed by atoms with Gasteiger partial charge in [-0.2, -0.15) is 0 Å². The van der Waals surface area contributed by atoms with E-state index in [-0.39, 0.29) is 0 Å². The van der Waals surface area contributed by atoms with Crippen LogP contribution in [0.5, 0.6) is 0 Å². The summed E-state index contributed by atoms with van der Waals surface area (Å²) in [6.45, 7) is 6.99. The summed E-state index contributed by atoms with van der Waals surface area (Å²) in [6.07, 6.45) is 16.1. The Balaban J connectivity index is 3.10. The summed E-state index contributed by atoms with van der Waals surface area (Å²) in [5, 5.41) is 0. The summed E-state index contributed by atoms with van der Waals surface area (Å²) in [5.41, 5.74) is 0. The zero-order chi connectivity index (χ0) is 13.5. The highest BCUT2D eigenvalue weighted by atomic mass is 32.2.